The Morgan fingerprint density at radius 1 is 1.04 bits per heavy atom. The van der Waals surface area contributed by atoms with Crippen LogP contribution in [0.15, 0.2) is 36.4 Å². The minimum atomic E-state index is -0.0988. The second-order valence-corrected chi connectivity index (χ2v) is 5.89. The molecular weight excluding hydrogens is 328 g/mol. The molecule has 2 aromatic rings. The van der Waals surface area contributed by atoms with E-state index >= 15 is 0 Å². The van der Waals surface area contributed by atoms with Crippen LogP contribution in [0.1, 0.15) is 31.9 Å². The van der Waals surface area contributed by atoms with Crippen LogP contribution in [-0.4, -0.2) is 25.7 Å². The van der Waals surface area contributed by atoms with Crippen LogP contribution in [0.2, 0.25) is 0 Å². The molecule has 2 aromatic carbocycles. The van der Waals surface area contributed by atoms with E-state index in [4.69, 9.17) is 9.47 Å². The fraction of sp³-hybridized carbons (Fsp3) is 0.381. The molecule has 0 unspecified atom stereocenters. The van der Waals surface area contributed by atoms with Gasteiger partial charge in [-0.3, -0.25) is 4.79 Å². The maximum absolute atomic E-state index is 12.4. The van der Waals surface area contributed by atoms with Gasteiger partial charge in [0.05, 0.1) is 25.4 Å². The number of carbonyl (C=O) groups excluding carboxylic acids is 1. The third kappa shape index (κ3) is 5.15. The summed E-state index contributed by atoms with van der Waals surface area (Å²) < 4.78 is 11.2. The van der Waals surface area contributed by atoms with Crippen LogP contribution in [0.4, 0.5) is 11.4 Å². The Morgan fingerprint density at radius 2 is 1.81 bits per heavy atom. The van der Waals surface area contributed by atoms with E-state index in [1.165, 1.54) is 0 Å². The standard InChI is InChI=1S/C21H28N2O3/c1-5-16-10-8-9-15(4)21(16)23-20(24)14-22-18-13-17(25-6-2)11-12-19(18)26-7-3/h8-13,22H,5-7,14H2,1-4H3,(H,23,24). The number of para-hydroxylation sites is 1. The Balaban J connectivity index is 2.08. The first kappa shape index (κ1) is 19.6. The summed E-state index contributed by atoms with van der Waals surface area (Å²) >= 11 is 0. The van der Waals surface area contributed by atoms with Crippen molar-refractivity contribution in [2.75, 3.05) is 30.4 Å². The molecule has 5 heteroatoms. The molecule has 0 saturated heterocycles. The number of carbonyl (C=O) groups is 1. The second kappa shape index (κ2) is 9.70. The lowest BCUT2D eigenvalue weighted by Crippen LogP contribution is -2.23. The Labute approximate surface area is 155 Å². The van der Waals surface area contributed by atoms with Crippen LogP contribution < -0.4 is 20.1 Å². The quantitative estimate of drug-likeness (QED) is 0.699. The van der Waals surface area contributed by atoms with Gasteiger partial charge in [0.25, 0.3) is 0 Å². The molecule has 0 aromatic heterocycles. The predicted molar refractivity (Wildman–Crippen MR) is 106 cm³/mol. The number of hydrogen-bond acceptors (Lipinski definition) is 4. The molecule has 2 rings (SSSR count). The number of aryl methyl sites for hydroxylation is 2. The SMILES string of the molecule is CCOc1ccc(OCC)c(NCC(=O)Nc2c(C)cccc2CC)c1. The number of hydrogen-bond donors (Lipinski definition) is 2. The highest BCUT2D eigenvalue weighted by atomic mass is 16.5. The Hall–Kier alpha value is -2.69. The molecule has 140 valence electrons. The topological polar surface area (TPSA) is 59.6 Å². The summed E-state index contributed by atoms with van der Waals surface area (Å²) in [5.41, 5.74) is 3.83. The van der Waals surface area contributed by atoms with Crippen molar-refractivity contribution in [1.82, 2.24) is 0 Å². The summed E-state index contributed by atoms with van der Waals surface area (Å²) in [5, 5.41) is 6.17. The summed E-state index contributed by atoms with van der Waals surface area (Å²) in [6.07, 6.45) is 0.871. The van der Waals surface area contributed by atoms with Crippen LogP contribution in [0.25, 0.3) is 0 Å². The lowest BCUT2D eigenvalue weighted by Gasteiger charge is -2.16. The van der Waals surface area contributed by atoms with E-state index in [-0.39, 0.29) is 12.5 Å². The van der Waals surface area contributed by atoms with E-state index in [1.54, 1.807) is 0 Å². The summed E-state index contributed by atoms with van der Waals surface area (Å²) in [5.74, 6) is 1.35. The van der Waals surface area contributed by atoms with Crippen LogP contribution >= 0.6 is 0 Å². The third-order valence-electron chi connectivity index (χ3n) is 4.01. The van der Waals surface area contributed by atoms with Crippen molar-refractivity contribution in [2.45, 2.75) is 34.1 Å². The monoisotopic (exact) mass is 356 g/mol. The van der Waals surface area contributed by atoms with Crippen LogP contribution in [0.3, 0.4) is 0 Å². The molecule has 0 aliphatic heterocycles. The lowest BCUT2D eigenvalue weighted by molar-refractivity contribution is -0.114. The van der Waals surface area contributed by atoms with E-state index in [0.717, 1.165) is 34.7 Å². The average molecular weight is 356 g/mol. The van der Waals surface area contributed by atoms with Gasteiger partial charge in [0.1, 0.15) is 11.5 Å². The molecule has 0 atom stereocenters. The molecule has 1 amide bonds. The van der Waals surface area contributed by atoms with E-state index < -0.39 is 0 Å². The van der Waals surface area contributed by atoms with Gasteiger partial charge in [-0.05, 0) is 50.5 Å². The van der Waals surface area contributed by atoms with Crippen molar-refractivity contribution >= 4 is 17.3 Å². The summed E-state index contributed by atoms with van der Waals surface area (Å²) in [7, 11) is 0. The van der Waals surface area contributed by atoms with Gasteiger partial charge in [-0.25, -0.2) is 0 Å². The Morgan fingerprint density at radius 3 is 2.50 bits per heavy atom. The number of benzene rings is 2. The smallest absolute Gasteiger partial charge is 0.243 e. The zero-order valence-corrected chi connectivity index (χ0v) is 16.0. The molecule has 5 nitrogen and oxygen atoms in total. The number of rotatable bonds is 9. The Bertz CT molecular complexity index is 744. The molecule has 0 fully saturated rings. The molecule has 0 saturated carbocycles. The van der Waals surface area contributed by atoms with Crippen LogP contribution in [-0.2, 0) is 11.2 Å². The summed E-state index contributed by atoms with van der Waals surface area (Å²) in [4.78, 5) is 12.4. The highest BCUT2D eigenvalue weighted by molar-refractivity contribution is 5.95. The zero-order valence-electron chi connectivity index (χ0n) is 16.0. The van der Waals surface area contributed by atoms with E-state index in [9.17, 15) is 4.79 Å². The maximum atomic E-state index is 12.4. The minimum Gasteiger partial charge on any atom is -0.494 e. The second-order valence-electron chi connectivity index (χ2n) is 5.89. The van der Waals surface area contributed by atoms with E-state index in [1.807, 2.05) is 57.2 Å². The normalized spacial score (nSPS) is 10.3. The highest BCUT2D eigenvalue weighted by Gasteiger charge is 2.11. The number of ether oxygens (including phenoxy) is 2. The largest absolute Gasteiger partial charge is 0.494 e. The first-order chi connectivity index (χ1) is 12.6. The summed E-state index contributed by atoms with van der Waals surface area (Å²) in [6, 6.07) is 11.6. The average Bonchev–Trinajstić information content (AvgIpc) is 2.63. The fourth-order valence-corrected chi connectivity index (χ4v) is 2.75. The zero-order chi connectivity index (χ0) is 18.9. The number of nitrogens with one attached hydrogen (secondary N) is 2. The minimum absolute atomic E-state index is 0.0988. The predicted octanol–water partition coefficient (Wildman–Crippen LogP) is 4.41. The fourth-order valence-electron chi connectivity index (χ4n) is 2.75. The van der Waals surface area contributed by atoms with Gasteiger partial charge in [-0.2, -0.15) is 0 Å². The van der Waals surface area contributed by atoms with Gasteiger partial charge in [-0.1, -0.05) is 25.1 Å². The molecule has 0 aliphatic rings. The molecule has 0 bridgehead atoms. The van der Waals surface area contributed by atoms with Crippen LogP contribution in [0.5, 0.6) is 11.5 Å². The highest BCUT2D eigenvalue weighted by Crippen LogP contribution is 2.29. The molecule has 0 radical (unpaired) electrons. The van der Waals surface area contributed by atoms with E-state index in [0.29, 0.717) is 19.0 Å². The first-order valence-corrected chi connectivity index (χ1v) is 9.10. The molecule has 2 N–H and O–H groups in total. The van der Waals surface area contributed by atoms with Gasteiger partial charge in [0.2, 0.25) is 5.91 Å². The Kier molecular flexibility index (Phi) is 7.33. The molecular formula is C21H28N2O3. The lowest BCUT2D eigenvalue weighted by atomic mass is 10.1. The van der Waals surface area contributed by atoms with Gasteiger partial charge in [0.15, 0.2) is 0 Å². The van der Waals surface area contributed by atoms with Crippen molar-refractivity contribution in [3.05, 3.63) is 47.5 Å². The van der Waals surface area contributed by atoms with Gasteiger partial charge in [-0.15, -0.1) is 0 Å². The van der Waals surface area contributed by atoms with Gasteiger partial charge in [0, 0.05) is 11.8 Å². The van der Waals surface area contributed by atoms with Crippen molar-refractivity contribution in [3.63, 3.8) is 0 Å². The maximum Gasteiger partial charge on any atom is 0.243 e. The van der Waals surface area contributed by atoms with Crippen molar-refractivity contribution in [2.24, 2.45) is 0 Å². The van der Waals surface area contributed by atoms with Crippen molar-refractivity contribution in [3.8, 4) is 11.5 Å². The summed E-state index contributed by atoms with van der Waals surface area (Å²) in [6.45, 7) is 9.23. The first-order valence-electron chi connectivity index (χ1n) is 9.10. The van der Waals surface area contributed by atoms with Gasteiger partial charge < -0.3 is 20.1 Å². The number of amides is 1. The molecule has 0 spiro atoms. The molecule has 26 heavy (non-hydrogen) atoms. The van der Waals surface area contributed by atoms with Gasteiger partial charge >= 0.3 is 0 Å². The molecule has 0 aliphatic carbocycles. The third-order valence-corrected chi connectivity index (χ3v) is 4.01. The van der Waals surface area contributed by atoms with Crippen molar-refractivity contribution in [1.29, 1.82) is 0 Å². The number of anilines is 2. The molecule has 0 heterocycles. The van der Waals surface area contributed by atoms with E-state index in [2.05, 4.69) is 17.6 Å². The van der Waals surface area contributed by atoms with Crippen molar-refractivity contribution < 1.29 is 14.3 Å². The van der Waals surface area contributed by atoms with Crippen LogP contribution in [0, 0.1) is 6.92 Å².